The van der Waals surface area contributed by atoms with Crippen LogP contribution in [0.4, 0.5) is 10.5 Å². The van der Waals surface area contributed by atoms with Gasteiger partial charge in [-0.1, -0.05) is 46.3 Å². The summed E-state index contributed by atoms with van der Waals surface area (Å²) in [5.74, 6) is 0.746. The quantitative estimate of drug-likeness (QED) is 0.311. The number of methoxy groups -OCH3 is 1. The number of hydrogen-bond donors (Lipinski definition) is 1. The minimum atomic E-state index is -0.425. The Morgan fingerprint density at radius 3 is 2.46 bits per heavy atom. The Balaban J connectivity index is 1.40. The first-order chi connectivity index (χ1) is 17.9. The molecule has 1 aliphatic rings. The molecule has 0 atom stereocenters. The molecule has 1 fully saturated rings. The number of hydrogen-bond acceptors (Lipinski definition) is 7. The van der Waals surface area contributed by atoms with Gasteiger partial charge < -0.3 is 19.5 Å². The highest BCUT2D eigenvalue weighted by atomic mass is 79.9. The monoisotopic (exact) mass is 582 g/mol. The summed E-state index contributed by atoms with van der Waals surface area (Å²) < 4.78 is 17.4. The Labute approximate surface area is 226 Å². The largest absolute Gasteiger partial charge is 0.493 e. The highest BCUT2D eigenvalue weighted by molar-refractivity contribution is 9.10. The Morgan fingerprint density at radius 1 is 0.973 bits per heavy atom. The van der Waals surface area contributed by atoms with Gasteiger partial charge in [0.2, 0.25) is 0 Å². The minimum absolute atomic E-state index is 0.0849. The van der Waals surface area contributed by atoms with E-state index in [1.54, 1.807) is 55.7 Å². The third-order valence-corrected chi connectivity index (χ3v) is 6.59. The number of imide groups is 1. The summed E-state index contributed by atoms with van der Waals surface area (Å²) in [4.78, 5) is 39.2. The van der Waals surface area contributed by atoms with Gasteiger partial charge in [-0.05, 0) is 60.3 Å². The summed E-state index contributed by atoms with van der Waals surface area (Å²) >= 11 is 4.26. The van der Waals surface area contributed by atoms with Gasteiger partial charge in [0, 0.05) is 15.7 Å². The maximum atomic E-state index is 13.0. The van der Waals surface area contributed by atoms with Crippen LogP contribution in [-0.4, -0.2) is 48.8 Å². The number of rotatable bonds is 10. The van der Waals surface area contributed by atoms with Crippen LogP contribution in [0.15, 0.2) is 82.2 Å². The average Bonchev–Trinajstić information content (AvgIpc) is 3.16. The van der Waals surface area contributed by atoms with Crippen molar-refractivity contribution >= 4 is 56.5 Å². The van der Waals surface area contributed by atoms with E-state index in [9.17, 15) is 14.4 Å². The molecule has 1 N–H and O–H groups in total. The van der Waals surface area contributed by atoms with Gasteiger partial charge in [0.25, 0.3) is 17.1 Å². The van der Waals surface area contributed by atoms with Gasteiger partial charge in [0.15, 0.2) is 18.1 Å². The summed E-state index contributed by atoms with van der Waals surface area (Å²) in [7, 11) is 1.54. The number of anilines is 1. The van der Waals surface area contributed by atoms with E-state index in [0.29, 0.717) is 28.5 Å². The van der Waals surface area contributed by atoms with E-state index < -0.39 is 5.91 Å². The van der Waals surface area contributed by atoms with Crippen molar-refractivity contribution in [2.75, 3.05) is 32.2 Å². The Bertz CT molecular complexity index is 1330. The Kier molecular flexibility index (Phi) is 8.86. The number of carbonyl (C=O) groups excluding carboxylic acids is 3. The molecular formula is C27H23BrN2O6S. The molecule has 8 nitrogen and oxygen atoms in total. The molecule has 4 rings (SSSR count). The number of halogens is 1. The maximum Gasteiger partial charge on any atom is 0.293 e. The number of benzene rings is 3. The van der Waals surface area contributed by atoms with Crippen molar-refractivity contribution < 1.29 is 28.6 Å². The number of thioether (sulfide) groups is 1. The van der Waals surface area contributed by atoms with Crippen LogP contribution in [0.25, 0.3) is 6.08 Å². The molecule has 37 heavy (non-hydrogen) atoms. The van der Waals surface area contributed by atoms with Crippen molar-refractivity contribution in [2.24, 2.45) is 0 Å². The Morgan fingerprint density at radius 2 is 1.70 bits per heavy atom. The third kappa shape index (κ3) is 6.93. The zero-order valence-corrected chi connectivity index (χ0v) is 22.2. The molecule has 0 bridgehead atoms. The molecule has 1 aliphatic heterocycles. The molecule has 0 spiro atoms. The maximum absolute atomic E-state index is 13.0. The lowest BCUT2D eigenvalue weighted by Crippen LogP contribution is -2.32. The number of nitrogens with one attached hydrogen (secondary N) is 1. The summed E-state index contributed by atoms with van der Waals surface area (Å²) in [6.45, 7) is -0.0197. The van der Waals surface area contributed by atoms with Crippen LogP contribution in [0.1, 0.15) is 5.56 Å². The van der Waals surface area contributed by atoms with Gasteiger partial charge >= 0.3 is 0 Å². The molecule has 1 heterocycles. The summed E-state index contributed by atoms with van der Waals surface area (Å²) in [6, 6.07) is 21.4. The molecule has 0 unspecified atom stereocenters. The fourth-order valence-electron chi connectivity index (χ4n) is 3.44. The second kappa shape index (κ2) is 12.5. The Hall–Kier alpha value is -3.76. The molecule has 0 saturated carbocycles. The average molecular weight is 583 g/mol. The number of para-hydroxylation sites is 3. The minimum Gasteiger partial charge on any atom is -0.493 e. The lowest BCUT2D eigenvalue weighted by Gasteiger charge is -2.14. The van der Waals surface area contributed by atoms with Gasteiger partial charge in [-0.25, -0.2) is 0 Å². The van der Waals surface area contributed by atoms with E-state index in [-0.39, 0.29) is 35.8 Å². The summed E-state index contributed by atoms with van der Waals surface area (Å²) in [5.41, 5.74) is 1.22. The van der Waals surface area contributed by atoms with Crippen LogP contribution in [0.5, 0.6) is 17.2 Å². The van der Waals surface area contributed by atoms with E-state index in [4.69, 9.17) is 14.2 Å². The van der Waals surface area contributed by atoms with Crippen LogP contribution in [0, 0.1) is 0 Å². The number of carbonyl (C=O) groups is 3. The molecule has 3 aromatic carbocycles. The molecule has 3 aromatic rings. The molecule has 190 valence electrons. The van der Waals surface area contributed by atoms with Crippen molar-refractivity contribution in [3.05, 3.63) is 87.7 Å². The molecule has 0 aromatic heterocycles. The van der Waals surface area contributed by atoms with Gasteiger partial charge in [-0.15, -0.1) is 0 Å². The SMILES string of the molecule is COc1ccccc1OCCN1C(=O)S/C(=C\c2cc(Br)ccc2OCC(=O)Nc2ccccc2)C1=O. The number of amides is 3. The standard InChI is InChI=1S/C27H23BrN2O6S/c1-34-22-9-5-6-10-23(22)35-14-13-30-26(32)24(37-27(30)33)16-18-15-19(28)11-12-21(18)36-17-25(31)29-20-7-3-2-4-8-20/h2-12,15-16H,13-14,17H2,1H3,(H,29,31)/b24-16-. The van der Waals surface area contributed by atoms with Gasteiger partial charge in [0.05, 0.1) is 18.6 Å². The van der Waals surface area contributed by atoms with E-state index in [0.717, 1.165) is 21.1 Å². The third-order valence-electron chi connectivity index (χ3n) is 5.19. The van der Waals surface area contributed by atoms with E-state index in [2.05, 4.69) is 21.2 Å². The second-order valence-corrected chi connectivity index (χ2v) is 9.63. The first kappa shape index (κ1) is 26.3. The topological polar surface area (TPSA) is 94.2 Å². The van der Waals surface area contributed by atoms with Crippen LogP contribution in [0.3, 0.4) is 0 Å². The molecule has 0 radical (unpaired) electrons. The van der Waals surface area contributed by atoms with Gasteiger partial charge in [-0.3, -0.25) is 19.3 Å². The van der Waals surface area contributed by atoms with Crippen molar-refractivity contribution in [3.8, 4) is 17.2 Å². The summed E-state index contributed by atoms with van der Waals surface area (Å²) in [6.07, 6.45) is 1.58. The molecular weight excluding hydrogens is 560 g/mol. The fourth-order valence-corrected chi connectivity index (χ4v) is 4.68. The summed E-state index contributed by atoms with van der Waals surface area (Å²) in [5, 5.41) is 2.37. The normalized spacial score (nSPS) is 14.1. The smallest absolute Gasteiger partial charge is 0.293 e. The zero-order chi connectivity index (χ0) is 26.2. The van der Waals surface area contributed by atoms with Crippen molar-refractivity contribution in [3.63, 3.8) is 0 Å². The molecule has 0 aliphatic carbocycles. The van der Waals surface area contributed by atoms with E-state index in [1.165, 1.54) is 0 Å². The van der Waals surface area contributed by atoms with Crippen molar-refractivity contribution in [1.82, 2.24) is 4.90 Å². The lowest BCUT2D eigenvalue weighted by molar-refractivity contribution is -0.123. The highest BCUT2D eigenvalue weighted by Crippen LogP contribution is 2.35. The second-order valence-electron chi connectivity index (χ2n) is 7.72. The van der Waals surface area contributed by atoms with Gasteiger partial charge in [-0.2, -0.15) is 0 Å². The molecule has 10 heteroatoms. The predicted octanol–water partition coefficient (Wildman–Crippen LogP) is 5.59. The van der Waals surface area contributed by atoms with E-state index in [1.807, 2.05) is 30.3 Å². The number of ether oxygens (including phenoxy) is 3. The predicted molar refractivity (Wildman–Crippen MR) is 146 cm³/mol. The molecule has 3 amide bonds. The first-order valence-corrected chi connectivity index (χ1v) is 12.8. The highest BCUT2D eigenvalue weighted by Gasteiger charge is 2.35. The van der Waals surface area contributed by atoms with Crippen LogP contribution in [0.2, 0.25) is 0 Å². The van der Waals surface area contributed by atoms with Crippen LogP contribution >= 0.6 is 27.7 Å². The van der Waals surface area contributed by atoms with Crippen LogP contribution < -0.4 is 19.5 Å². The van der Waals surface area contributed by atoms with Gasteiger partial charge in [0.1, 0.15) is 12.4 Å². The fraction of sp³-hybridized carbons (Fsp3) is 0.148. The van der Waals surface area contributed by atoms with Crippen molar-refractivity contribution in [2.45, 2.75) is 0 Å². The van der Waals surface area contributed by atoms with Crippen molar-refractivity contribution in [1.29, 1.82) is 0 Å². The lowest BCUT2D eigenvalue weighted by atomic mass is 10.2. The molecule has 1 saturated heterocycles. The van der Waals surface area contributed by atoms with Crippen LogP contribution in [-0.2, 0) is 9.59 Å². The van der Waals surface area contributed by atoms with E-state index >= 15 is 0 Å². The first-order valence-electron chi connectivity index (χ1n) is 11.2. The zero-order valence-electron chi connectivity index (χ0n) is 19.8. The number of nitrogens with zero attached hydrogens (tertiary/aromatic N) is 1.